The average molecular weight is 256 g/mol. The summed E-state index contributed by atoms with van der Waals surface area (Å²) in [5, 5.41) is 19.0. The Balaban J connectivity index is 2.45. The van der Waals surface area contributed by atoms with Crippen LogP contribution in [-0.2, 0) is 4.79 Å². The first kappa shape index (κ1) is 15.5. The van der Waals surface area contributed by atoms with E-state index in [9.17, 15) is 9.90 Å². The number of rotatable bonds is 4. The molecule has 0 aromatic rings. The Labute approximate surface area is 111 Å². The fourth-order valence-corrected chi connectivity index (χ4v) is 3.19. The predicted octanol–water partition coefficient (Wildman–Crippen LogP) is 3.31. The number of aliphatic hydroxyl groups is 1. The SMILES string of the molecule is CC(CC(=O)O)C(O)C1CCC(C(C)(C)C)CC1. The zero-order valence-electron chi connectivity index (χ0n) is 12.1. The molecule has 0 radical (unpaired) electrons. The zero-order chi connectivity index (χ0) is 13.9. The number of aliphatic carboxylic acids is 1. The van der Waals surface area contributed by atoms with Crippen LogP contribution >= 0.6 is 0 Å². The van der Waals surface area contributed by atoms with Gasteiger partial charge in [-0.1, -0.05) is 27.7 Å². The van der Waals surface area contributed by atoms with E-state index in [1.807, 2.05) is 6.92 Å². The zero-order valence-corrected chi connectivity index (χ0v) is 12.1. The third-order valence-electron chi connectivity index (χ3n) is 4.56. The lowest BCUT2D eigenvalue weighted by Gasteiger charge is -2.39. The lowest BCUT2D eigenvalue weighted by atomic mass is 9.68. The molecule has 106 valence electrons. The third kappa shape index (κ3) is 4.27. The van der Waals surface area contributed by atoms with Gasteiger partial charge >= 0.3 is 5.97 Å². The van der Waals surface area contributed by atoms with Crippen LogP contribution in [0.4, 0.5) is 0 Å². The van der Waals surface area contributed by atoms with Crippen molar-refractivity contribution in [2.45, 2.75) is 65.9 Å². The number of carboxylic acid groups (broad SMARTS) is 1. The van der Waals surface area contributed by atoms with Crippen LogP contribution in [0.25, 0.3) is 0 Å². The van der Waals surface area contributed by atoms with Crippen molar-refractivity contribution in [3.05, 3.63) is 0 Å². The van der Waals surface area contributed by atoms with E-state index in [0.717, 1.165) is 31.6 Å². The summed E-state index contributed by atoms with van der Waals surface area (Å²) in [6.07, 6.45) is 4.00. The first-order valence-corrected chi connectivity index (χ1v) is 7.11. The Kier molecular flexibility index (Phi) is 5.20. The van der Waals surface area contributed by atoms with Gasteiger partial charge in [0.25, 0.3) is 0 Å². The van der Waals surface area contributed by atoms with Gasteiger partial charge in [0.05, 0.1) is 12.5 Å². The van der Waals surface area contributed by atoms with Gasteiger partial charge in [-0.2, -0.15) is 0 Å². The van der Waals surface area contributed by atoms with Crippen molar-refractivity contribution in [1.82, 2.24) is 0 Å². The molecule has 0 bridgehead atoms. The van der Waals surface area contributed by atoms with E-state index in [1.165, 1.54) is 0 Å². The van der Waals surface area contributed by atoms with E-state index < -0.39 is 12.1 Å². The largest absolute Gasteiger partial charge is 0.481 e. The number of aliphatic hydroxyl groups excluding tert-OH is 1. The van der Waals surface area contributed by atoms with Crippen LogP contribution in [0.3, 0.4) is 0 Å². The molecule has 0 aromatic carbocycles. The molecule has 0 aliphatic heterocycles. The van der Waals surface area contributed by atoms with Crippen molar-refractivity contribution >= 4 is 5.97 Å². The van der Waals surface area contributed by atoms with E-state index in [4.69, 9.17) is 5.11 Å². The molecule has 0 heterocycles. The summed E-state index contributed by atoms with van der Waals surface area (Å²) in [6, 6.07) is 0. The van der Waals surface area contributed by atoms with Crippen molar-refractivity contribution in [2.24, 2.45) is 23.2 Å². The number of carboxylic acids is 1. The monoisotopic (exact) mass is 256 g/mol. The molecule has 2 unspecified atom stereocenters. The van der Waals surface area contributed by atoms with Gasteiger partial charge < -0.3 is 10.2 Å². The summed E-state index contributed by atoms with van der Waals surface area (Å²) in [5.74, 6) is 0.0669. The second-order valence-electron chi connectivity index (χ2n) is 7.04. The summed E-state index contributed by atoms with van der Waals surface area (Å²) >= 11 is 0. The van der Waals surface area contributed by atoms with Crippen LogP contribution in [0.2, 0.25) is 0 Å². The first-order valence-electron chi connectivity index (χ1n) is 7.11. The molecule has 2 N–H and O–H groups in total. The van der Waals surface area contributed by atoms with Crippen LogP contribution in [-0.4, -0.2) is 22.3 Å². The molecule has 1 rings (SSSR count). The smallest absolute Gasteiger partial charge is 0.303 e. The molecule has 18 heavy (non-hydrogen) atoms. The topological polar surface area (TPSA) is 57.5 Å². The van der Waals surface area contributed by atoms with Crippen LogP contribution in [0.1, 0.15) is 59.8 Å². The van der Waals surface area contributed by atoms with Crippen molar-refractivity contribution in [3.8, 4) is 0 Å². The maximum absolute atomic E-state index is 10.7. The molecule has 0 spiro atoms. The highest BCUT2D eigenvalue weighted by atomic mass is 16.4. The Morgan fingerprint density at radius 3 is 2.11 bits per heavy atom. The maximum Gasteiger partial charge on any atom is 0.303 e. The normalized spacial score (nSPS) is 28.7. The van der Waals surface area contributed by atoms with E-state index in [-0.39, 0.29) is 18.3 Å². The van der Waals surface area contributed by atoms with Crippen molar-refractivity contribution in [2.75, 3.05) is 0 Å². The van der Waals surface area contributed by atoms with E-state index in [1.54, 1.807) is 0 Å². The molecule has 3 heteroatoms. The van der Waals surface area contributed by atoms with Gasteiger partial charge in [0.2, 0.25) is 0 Å². The molecule has 1 aliphatic rings. The fourth-order valence-electron chi connectivity index (χ4n) is 3.19. The van der Waals surface area contributed by atoms with Crippen molar-refractivity contribution in [3.63, 3.8) is 0 Å². The van der Waals surface area contributed by atoms with Crippen LogP contribution < -0.4 is 0 Å². The minimum absolute atomic E-state index is 0.0698. The molecule has 0 saturated heterocycles. The number of hydrogen-bond donors (Lipinski definition) is 2. The quantitative estimate of drug-likeness (QED) is 0.811. The third-order valence-corrected chi connectivity index (χ3v) is 4.56. The van der Waals surface area contributed by atoms with E-state index in [2.05, 4.69) is 20.8 Å². The minimum atomic E-state index is -0.815. The second-order valence-corrected chi connectivity index (χ2v) is 7.04. The summed E-state index contributed by atoms with van der Waals surface area (Å²) in [5.41, 5.74) is 0.350. The van der Waals surface area contributed by atoms with Gasteiger partial charge in [0, 0.05) is 0 Å². The molecular weight excluding hydrogens is 228 g/mol. The van der Waals surface area contributed by atoms with Gasteiger partial charge in [-0.3, -0.25) is 4.79 Å². The van der Waals surface area contributed by atoms with Crippen molar-refractivity contribution < 1.29 is 15.0 Å². The van der Waals surface area contributed by atoms with Crippen LogP contribution in [0.15, 0.2) is 0 Å². The van der Waals surface area contributed by atoms with Gasteiger partial charge in [-0.05, 0) is 48.9 Å². The maximum atomic E-state index is 10.7. The highest BCUT2D eigenvalue weighted by Crippen LogP contribution is 2.41. The minimum Gasteiger partial charge on any atom is -0.481 e. The second kappa shape index (κ2) is 6.05. The van der Waals surface area contributed by atoms with Gasteiger partial charge in [-0.25, -0.2) is 0 Å². The standard InChI is InChI=1S/C15H28O3/c1-10(9-13(16)17)14(18)11-5-7-12(8-6-11)15(2,3)4/h10-12,14,18H,5-9H2,1-4H3,(H,16,17). The highest BCUT2D eigenvalue weighted by molar-refractivity contribution is 5.67. The Morgan fingerprint density at radius 1 is 1.22 bits per heavy atom. The molecular formula is C15H28O3. The molecule has 1 saturated carbocycles. The Hall–Kier alpha value is -0.570. The molecule has 1 fully saturated rings. The lowest BCUT2D eigenvalue weighted by Crippen LogP contribution is -2.34. The molecule has 0 aromatic heterocycles. The summed E-state index contributed by atoms with van der Waals surface area (Å²) in [4.78, 5) is 10.7. The summed E-state index contributed by atoms with van der Waals surface area (Å²) < 4.78 is 0. The molecule has 2 atom stereocenters. The number of carbonyl (C=O) groups is 1. The highest BCUT2D eigenvalue weighted by Gasteiger charge is 2.34. The molecule has 1 aliphatic carbocycles. The first-order chi connectivity index (χ1) is 8.21. The van der Waals surface area contributed by atoms with E-state index in [0.29, 0.717) is 5.41 Å². The molecule has 3 nitrogen and oxygen atoms in total. The molecule has 0 amide bonds. The fraction of sp³-hybridized carbons (Fsp3) is 0.933. The van der Waals surface area contributed by atoms with Gasteiger partial charge in [0.15, 0.2) is 0 Å². The average Bonchev–Trinajstić information content (AvgIpc) is 2.26. The lowest BCUT2D eigenvalue weighted by molar-refractivity contribution is -0.139. The van der Waals surface area contributed by atoms with Gasteiger partial charge in [-0.15, -0.1) is 0 Å². The predicted molar refractivity (Wildman–Crippen MR) is 72.3 cm³/mol. The van der Waals surface area contributed by atoms with Crippen LogP contribution in [0, 0.1) is 23.2 Å². The summed E-state index contributed by atoms with van der Waals surface area (Å²) in [7, 11) is 0. The van der Waals surface area contributed by atoms with Crippen molar-refractivity contribution in [1.29, 1.82) is 0 Å². The van der Waals surface area contributed by atoms with Gasteiger partial charge in [0.1, 0.15) is 0 Å². The van der Waals surface area contributed by atoms with Crippen LogP contribution in [0.5, 0.6) is 0 Å². The Morgan fingerprint density at radius 2 is 1.72 bits per heavy atom. The van der Waals surface area contributed by atoms with E-state index >= 15 is 0 Å². The number of hydrogen-bond acceptors (Lipinski definition) is 2. The summed E-state index contributed by atoms with van der Waals surface area (Å²) in [6.45, 7) is 8.68. The Bertz CT molecular complexity index is 272.